The molecule has 2 saturated heterocycles. The Bertz CT molecular complexity index is 706. The summed E-state index contributed by atoms with van der Waals surface area (Å²) in [5, 5.41) is 5.29. The zero-order valence-corrected chi connectivity index (χ0v) is 14.6. The summed E-state index contributed by atoms with van der Waals surface area (Å²) in [5.74, 6) is 0.566. The number of carbonyl (C=O) groups is 3. The molecule has 8 nitrogen and oxygen atoms in total. The first-order valence-corrected chi connectivity index (χ1v) is 9.08. The van der Waals surface area contributed by atoms with Gasteiger partial charge in [0.25, 0.3) is 0 Å². The molecule has 8 heteroatoms. The molecule has 0 bridgehead atoms. The SMILES string of the molecule is O=C1CN(CC(=O)N[C@@H]2CN(Cc3cccnc3)C[C@H]2C2CC2)C(=O)N1. The predicted octanol–water partition coefficient (Wildman–Crippen LogP) is -0.0400. The standard InChI is InChI=1S/C18H23N5O3/c24-16(10-23-11-17(25)21-18(23)26)20-15-9-22(8-14(15)13-3-4-13)7-12-2-1-5-19-6-12/h1-2,5-6,13-15H,3-4,7-11H2,(H,20,24)(H,21,25,26)/t14-,15+/m0/s1. The molecule has 1 aliphatic carbocycles. The summed E-state index contributed by atoms with van der Waals surface area (Å²) < 4.78 is 0. The van der Waals surface area contributed by atoms with Gasteiger partial charge in [-0.3, -0.25) is 24.8 Å². The molecule has 26 heavy (non-hydrogen) atoms. The van der Waals surface area contributed by atoms with E-state index >= 15 is 0 Å². The topological polar surface area (TPSA) is 94.6 Å². The van der Waals surface area contributed by atoms with Gasteiger partial charge >= 0.3 is 6.03 Å². The Kier molecular flexibility index (Phi) is 4.58. The fraction of sp³-hybridized carbons (Fsp3) is 0.556. The summed E-state index contributed by atoms with van der Waals surface area (Å²) in [6.07, 6.45) is 6.09. The fourth-order valence-corrected chi connectivity index (χ4v) is 3.98. The first kappa shape index (κ1) is 17.0. The molecule has 1 aromatic heterocycles. The Morgan fingerprint density at radius 1 is 1.31 bits per heavy atom. The number of hydrogen-bond acceptors (Lipinski definition) is 5. The molecule has 3 aliphatic rings. The van der Waals surface area contributed by atoms with E-state index in [2.05, 4.69) is 26.6 Å². The van der Waals surface area contributed by atoms with Gasteiger partial charge < -0.3 is 10.2 Å². The smallest absolute Gasteiger partial charge is 0.325 e. The molecule has 2 N–H and O–H groups in total. The molecular formula is C18H23N5O3. The first-order valence-electron chi connectivity index (χ1n) is 9.08. The van der Waals surface area contributed by atoms with Crippen LogP contribution in [-0.4, -0.2) is 64.9 Å². The van der Waals surface area contributed by atoms with Crippen molar-refractivity contribution in [2.45, 2.75) is 25.4 Å². The lowest BCUT2D eigenvalue weighted by Gasteiger charge is -2.21. The van der Waals surface area contributed by atoms with Crippen LogP contribution in [0.15, 0.2) is 24.5 Å². The van der Waals surface area contributed by atoms with Gasteiger partial charge in [-0.05, 0) is 36.3 Å². The molecule has 0 spiro atoms. The fourth-order valence-electron chi connectivity index (χ4n) is 3.98. The van der Waals surface area contributed by atoms with Crippen molar-refractivity contribution in [3.63, 3.8) is 0 Å². The molecule has 0 aromatic carbocycles. The number of amides is 4. The van der Waals surface area contributed by atoms with Crippen molar-refractivity contribution in [2.24, 2.45) is 11.8 Å². The first-order chi connectivity index (χ1) is 12.6. The molecule has 0 radical (unpaired) electrons. The molecule has 4 amide bonds. The number of pyridine rings is 1. The molecule has 3 fully saturated rings. The van der Waals surface area contributed by atoms with Gasteiger partial charge in [0.05, 0.1) is 0 Å². The Morgan fingerprint density at radius 2 is 2.15 bits per heavy atom. The lowest BCUT2D eigenvalue weighted by atomic mass is 9.98. The largest absolute Gasteiger partial charge is 0.350 e. The van der Waals surface area contributed by atoms with E-state index in [1.165, 1.54) is 23.3 Å². The van der Waals surface area contributed by atoms with Gasteiger partial charge in [-0.1, -0.05) is 6.07 Å². The molecule has 4 rings (SSSR count). The monoisotopic (exact) mass is 357 g/mol. The number of nitrogens with zero attached hydrogens (tertiary/aromatic N) is 3. The molecule has 0 unspecified atom stereocenters. The Labute approximate surface area is 151 Å². The van der Waals surface area contributed by atoms with E-state index in [1.807, 2.05) is 12.3 Å². The number of rotatable bonds is 6. The zero-order chi connectivity index (χ0) is 18.1. The third-order valence-electron chi connectivity index (χ3n) is 5.35. The van der Waals surface area contributed by atoms with Gasteiger partial charge in [-0.2, -0.15) is 0 Å². The Hall–Kier alpha value is -2.48. The van der Waals surface area contributed by atoms with Crippen LogP contribution in [0.1, 0.15) is 18.4 Å². The molecule has 3 heterocycles. The molecule has 2 atom stereocenters. The third-order valence-corrected chi connectivity index (χ3v) is 5.35. The Balaban J connectivity index is 1.34. The highest BCUT2D eigenvalue weighted by Gasteiger charge is 2.43. The highest BCUT2D eigenvalue weighted by molar-refractivity contribution is 6.03. The lowest BCUT2D eigenvalue weighted by Crippen LogP contribution is -2.46. The zero-order valence-electron chi connectivity index (χ0n) is 14.6. The van der Waals surface area contributed by atoms with Crippen molar-refractivity contribution >= 4 is 17.8 Å². The van der Waals surface area contributed by atoms with E-state index in [0.717, 1.165) is 19.6 Å². The van der Waals surface area contributed by atoms with E-state index in [1.54, 1.807) is 6.20 Å². The van der Waals surface area contributed by atoms with Crippen molar-refractivity contribution in [1.82, 2.24) is 25.4 Å². The second kappa shape index (κ2) is 7.03. The van der Waals surface area contributed by atoms with Crippen molar-refractivity contribution in [1.29, 1.82) is 0 Å². The minimum atomic E-state index is -0.492. The summed E-state index contributed by atoms with van der Waals surface area (Å²) in [6.45, 7) is 2.47. The summed E-state index contributed by atoms with van der Waals surface area (Å²) in [6, 6.07) is 3.60. The second-order valence-electron chi connectivity index (χ2n) is 7.44. The van der Waals surface area contributed by atoms with Crippen molar-refractivity contribution < 1.29 is 14.4 Å². The minimum absolute atomic E-state index is 0.0455. The average molecular weight is 357 g/mol. The van der Waals surface area contributed by atoms with Gasteiger partial charge in [0, 0.05) is 38.1 Å². The summed E-state index contributed by atoms with van der Waals surface area (Å²) in [4.78, 5) is 43.0. The third kappa shape index (κ3) is 3.85. The molecule has 1 aromatic rings. The number of hydrogen-bond donors (Lipinski definition) is 2. The van der Waals surface area contributed by atoms with Gasteiger partial charge in [0.15, 0.2) is 0 Å². The van der Waals surface area contributed by atoms with Crippen LogP contribution >= 0.6 is 0 Å². The molecular weight excluding hydrogens is 334 g/mol. The van der Waals surface area contributed by atoms with Crippen LogP contribution in [-0.2, 0) is 16.1 Å². The van der Waals surface area contributed by atoms with Crippen LogP contribution < -0.4 is 10.6 Å². The van der Waals surface area contributed by atoms with E-state index in [0.29, 0.717) is 11.8 Å². The second-order valence-corrected chi connectivity index (χ2v) is 7.44. The van der Waals surface area contributed by atoms with Crippen LogP contribution in [0, 0.1) is 11.8 Å². The van der Waals surface area contributed by atoms with Gasteiger partial charge in [0.2, 0.25) is 11.8 Å². The Morgan fingerprint density at radius 3 is 2.81 bits per heavy atom. The maximum atomic E-state index is 12.4. The van der Waals surface area contributed by atoms with Crippen LogP contribution in [0.5, 0.6) is 0 Å². The van der Waals surface area contributed by atoms with Crippen LogP contribution in [0.2, 0.25) is 0 Å². The lowest BCUT2D eigenvalue weighted by molar-refractivity contribution is -0.122. The normalized spacial score (nSPS) is 26.2. The van der Waals surface area contributed by atoms with Crippen molar-refractivity contribution in [3.05, 3.63) is 30.1 Å². The number of carbonyl (C=O) groups excluding carboxylic acids is 3. The number of likely N-dealkylation sites (tertiary alicyclic amines) is 1. The van der Waals surface area contributed by atoms with Crippen LogP contribution in [0.4, 0.5) is 4.79 Å². The highest BCUT2D eigenvalue weighted by atomic mass is 16.2. The number of nitrogens with one attached hydrogen (secondary N) is 2. The average Bonchev–Trinajstić information content (AvgIpc) is 3.30. The maximum Gasteiger partial charge on any atom is 0.325 e. The number of aromatic nitrogens is 1. The molecule has 2 aliphatic heterocycles. The molecule has 138 valence electrons. The van der Waals surface area contributed by atoms with E-state index < -0.39 is 6.03 Å². The summed E-state index contributed by atoms with van der Waals surface area (Å²) >= 11 is 0. The number of urea groups is 1. The van der Waals surface area contributed by atoms with E-state index in [-0.39, 0.29) is 30.9 Å². The summed E-state index contributed by atoms with van der Waals surface area (Å²) in [7, 11) is 0. The maximum absolute atomic E-state index is 12.4. The van der Waals surface area contributed by atoms with Gasteiger partial charge in [0.1, 0.15) is 13.1 Å². The molecule has 1 saturated carbocycles. The van der Waals surface area contributed by atoms with Gasteiger partial charge in [-0.25, -0.2) is 4.79 Å². The summed E-state index contributed by atoms with van der Waals surface area (Å²) in [5.41, 5.74) is 1.17. The van der Waals surface area contributed by atoms with Crippen LogP contribution in [0.3, 0.4) is 0 Å². The van der Waals surface area contributed by atoms with E-state index in [4.69, 9.17) is 0 Å². The van der Waals surface area contributed by atoms with Crippen molar-refractivity contribution in [2.75, 3.05) is 26.2 Å². The van der Waals surface area contributed by atoms with Crippen molar-refractivity contribution in [3.8, 4) is 0 Å². The quantitative estimate of drug-likeness (QED) is 0.697. The van der Waals surface area contributed by atoms with Crippen LogP contribution in [0.25, 0.3) is 0 Å². The van der Waals surface area contributed by atoms with Gasteiger partial charge in [-0.15, -0.1) is 0 Å². The minimum Gasteiger partial charge on any atom is -0.350 e. The predicted molar refractivity (Wildman–Crippen MR) is 92.8 cm³/mol. The van der Waals surface area contributed by atoms with E-state index in [9.17, 15) is 14.4 Å². The number of imide groups is 1. The highest BCUT2D eigenvalue weighted by Crippen LogP contribution is 2.41.